The third-order valence-electron chi connectivity index (χ3n) is 2.82. The van der Waals surface area contributed by atoms with Gasteiger partial charge >= 0.3 is 0 Å². The summed E-state index contributed by atoms with van der Waals surface area (Å²) in [4.78, 5) is 2.28. The highest BCUT2D eigenvalue weighted by molar-refractivity contribution is 4.90. The summed E-state index contributed by atoms with van der Waals surface area (Å²) in [5.41, 5.74) is 0. The molecule has 14 heavy (non-hydrogen) atoms. The zero-order valence-corrected chi connectivity index (χ0v) is 9.12. The molecule has 3 nitrogen and oxygen atoms in total. The van der Waals surface area contributed by atoms with Crippen molar-refractivity contribution < 1.29 is 4.74 Å². The molecule has 1 saturated heterocycles. The maximum atomic E-state index is 5.44. The fraction of sp³-hybridized carbons (Fsp3) is 0.818. The Kier molecular flexibility index (Phi) is 4.95. The lowest BCUT2D eigenvalue weighted by Gasteiger charge is -2.24. The first-order chi connectivity index (χ1) is 6.81. The van der Waals surface area contributed by atoms with Crippen molar-refractivity contribution >= 4 is 0 Å². The summed E-state index contributed by atoms with van der Waals surface area (Å²) >= 11 is 0. The molecule has 0 saturated carbocycles. The molecule has 1 fully saturated rings. The number of nitrogens with zero attached hydrogens (tertiary/aromatic N) is 1. The molecule has 0 aliphatic carbocycles. The third kappa shape index (κ3) is 2.98. The molecule has 2 atom stereocenters. The van der Waals surface area contributed by atoms with Gasteiger partial charge in [0.05, 0.1) is 19.8 Å². The van der Waals surface area contributed by atoms with Crippen LogP contribution in [0.4, 0.5) is 0 Å². The number of hydrogen-bond acceptors (Lipinski definition) is 3. The zero-order valence-electron chi connectivity index (χ0n) is 9.12. The number of nitrogens with one attached hydrogen (secondary N) is 1. The van der Waals surface area contributed by atoms with E-state index < -0.39 is 0 Å². The Morgan fingerprint density at radius 2 is 2.36 bits per heavy atom. The van der Waals surface area contributed by atoms with E-state index in [0.717, 1.165) is 32.8 Å². The van der Waals surface area contributed by atoms with Crippen molar-refractivity contribution in [1.29, 1.82) is 0 Å². The van der Waals surface area contributed by atoms with Gasteiger partial charge in [0.2, 0.25) is 0 Å². The van der Waals surface area contributed by atoms with Gasteiger partial charge in [-0.15, -0.1) is 6.42 Å². The number of hydrogen-bond donors (Lipinski definition) is 1. The largest absolute Gasteiger partial charge is 0.379 e. The molecule has 1 N–H and O–H groups in total. The van der Waals surface area contributed by atoms with Crippen LogP contribution in [0.3, 0.4) is 0 Å². The Labute approximate surface area is 86.8 Å². The maximum absolute atomic E-state index is 5.44. The molecular weight excluding hydrogens is 176 g/mol. The van der Waals surface area contributed by atoms with E-state index in [0.29, 0.717) is 12.0 Å². The second-order valence-electron chi connectivity index (χ2n) is 3.72. The van der Waals surface area contributed by atoms with E-state index >= 15 is 0 Å². The van der Waals surface area contributed by atoms with Crippen molar-refractivity contribution in [3.63, 3.8) is 0 Å². The van der Waals surface area contributed by atoms with Gasteiger partial charge in [-0.3, -0.25) is 4.90 Å². The lowest BCUT2D eigenvalue weighted by Crippen LogP contribution is -2.40. The van der Waals surface area contributed by atoms with Crippen LogP contribution in [0.2, 0.25) is 0 Å². The first-order valence-corrected chi connectivity index (χ1v) is 5.22. The SMILES string of the molecule is C#CCN(CC)CC1COCC1NC. The normalized spacial score (nSPS) is 26.7. The Balaban J connectivity index is 2.37. The Morgan fingerprint density at radius 3 is 2.93 bits per heavy atom. The van der Waals surface area contributed by atoms with Crippen molar-refractivity contribution in [2.45, 2.75) is 13.0 Å². The summed E-state index contributed by atoms with van der Waals surface area (Å²) in [5, 5.41) is 3.28. The van der Waals surface area contributed by atoms with E-state index in [1.165, 1.54) is 0 Å². The van der Waals surface area contributed by atoms with Crippen molar-refractivity contribution in [1.82, 2.24) is 10.2 Å². The van der Waals surface area contributed by atoms with Gasteiger partial charge in [-0.2, -0.15) is 0 Å². The second-order valence-corrected chi connectivity index (χ2v) is 3.72. The third-order valence-corrected chi connectivity index (χ3v) is 2.82. The van der Waals surface area contributed by atoms with Crippen LogP contribution in [0.1, 0.15) is 6.92 Å². The zero-order chi connectivity index (χ0) is 10.4. The highest BCUT2D eigenvalue weighted by Gasteiger charge is 2.27. The molecule has 0 amide bonds. The standard InChI is InChI=1S/C11H20N2O/c1-4-6-13(5-2)7-10-8-14-9-11(10)12-3/h1,10-12H,5-9H2,2-3H3. The maximum Gasteiger partial charge on any atom is 0.0623 e. The van der Waals surface area contributed by atoms with E-state index in [1.807, 2.05) is 7.05 Å². The number of ether oxygens (including phenoxy) is 1. The summed E-state index contributed by atoms with van der Waals surface area (Å²) in [7, 11) is 1.99. The lowest BCUT2D eigenvalue weighted by atomic mass is 10.0. The van der Waals surface area contributed by atoms with Gasteiger partial charge in [-0.25, -0.2) is 0 Å². The minimum absolute atomic E-state index is 0.488. The van der Waals surface area contributed by atoms with Gasteiger partial charge < -0.3 is 10.1 Å². The molecule has 80 valence electrons. The van der Waals surface area contributed by atoms with E-state index in [4.69, 9.17) is 11.2 Å². The first-order valence-electron chi connectivity index (χ1n) is 5.22. The number of terminal acetylenes is 1. The Bertz CT molecular complexity index is 200. The molecule has 3 heteroatoms. The van der Waals surface area contributed by atoms with Crippen LogP contribution >= 0.6 is 0 Å². The number of likely N-dealkylation sites (N-methyl/N-ethyl adjacent to an activating group) is 1. The Hall–Kier alpha value is -0.560. The first kappa shape index (κ1) is 11.5. The van der Waals surface area contributed by atoms with Crippen molar-refractivity contribution in [2.24, 2.45) is 5.92 Å². The fourth-order valence-electron chi connectivity index (χ4n) is 1.86. The average Bonchev–Trinajstić information content (AvgIpc) is 2.64. The van der Waals surface area contributed by atoms with Crippen molar-refractivity contribution in [2.75, 3.05) is 39.9 Å². The van der Waals surface area contributed by atoms with Gasteiger partial charge in [-0.05, 0) is 13.6 Å². The van der Waals surface area contributed by atoms with Gasteiger partial charge in [0.15, 0.2) is 0 Å². The molecule has 2 unspecified atom stereocenters. The predicted octanol–water partition coefficient (Wildman–Crippen LogP) is 0.176. The van der Waals surface area contributed by atoms with E-state index in [1.54, 1.807) is 0 Å². The van der Waals surface area contributed by atoms with Crippen LogP contribution in [0.15, 0.2) is 0 Å². The molecule has 0 aromatic heterocycles. The van der Waals surface area contributed by atoms with Crippen LogP contribution in [-0.4, -0.2) is 50.8 Å². The molecule has 0 aromatic rings. The van der Waals surface area contributed by atoms with Crippen LogP contribution < -0.4 is 5.32 Å². The van der Waals surface area contributed by atoms with Crippen molar-refractivity contribution in [3.05, 3.63) is 0 Å². The molecule has 1 heterocycles. The second kappa shape index (κ2) is 6.02. The van der Waals surface area contributed by atoms with Crippen LogP contribution in [0.25, 0.3) is 0 Å². The molecule has 1 aliphatic heterocycles. The molecule has 0 aromatic carbocycles. The minimum Gasteiger partial charge on any atom is -0.379 e. The molecule has 0 radical (unpaired) electrons. The summed E-state index contributed by atoms with van der Waals surface area (Å²) in [6, 6.07) is 0.488. The number of rotatable bonds is 5. The van der Waals surface area contributed by atoms with Crippen LogP contribution in [-0.2, 0) is 4.74 Å². The lowest BCUT2D eigenvalue weighted by molar-refractivity contribution is 0.172. The van der Waals surface area contributed by atoms with Gasteiger partial charge in [0.25, 0.3) is 0 Å². The van der Waals surface area contributed by atoms with Gasteiger partial charge in [0.1, 0.15) is 0 Å². The average molecular weight is 196 g/mol. The van der Waals surface area contributed by atoms with Crippen molar-refractivity contribution in [3.8, 4) is 12.3 Å². The summed E-state index contributed by atoms with van der Waals surface area (Å²) in [5.74, 6) is 3.27. The predicted molar refractivity (Wildman–Crippen MR) is 58.1 cm³/mol. The van der Waals surface area contributed by atoms with E-state index in [9.17, 15) is 0 Å². The van der Waals surface area contributed by atoms with Crippen LogP contribution in [0, 0.1) is 18.3 Å². The smallest absolute Gasteiger partial charge is 0.0623 e. The summed E-state index contributed by atoms with van der Waals surface area (Å²) < 4.78 is 5.44. The molecule has 0 bridgehead atoms. The van der Waals surface area contributed by atoms with Gasteiger partial charge in [-0.1, -0.05) is 12.8 Å². The highest BCUT2D eigenvalue weighted by Crippen LogP contribution is 2.14. The topological polar surface area (TPSA) is 24.5 Å². The highest BCUT2D eigenvalue weighted by atomic mass is 16.5. The fourth-order valence-corrected chi connectivity index (χ4v) is 1.86. The monoisotopic (exact) mass is 196 g/mol. The Morgan fingerprint density at radius 1 is 1.57 bits per heavy atom. The quantitative estimate of drug-likeness (QED) is 0.635. The minimum atomic E-state index is 0.488. The molecule has 0 spiro atoms. The molecular formula is C11H20N2O. The van der Waals surface area contributed by atoms with Crippen LogP contribution in [0.5, 0.6) is 0 Å². The van der Waals surface area contributed by atoms with Gasteiger partial charge in [0, 0.05) is 18.5 Å². The molecule has 1 rings (SSSR count). The van der Waals surface area contributed by atoms with E-state index in [2.05, 4.69) is 23.1 Å². The van der Waals surface area contributed by atoms with E-state index in [-0.39, 0.29) is 0 Å². The molecule has 1 aliphatic rings. The summed E-state index contributed by atoms with van der Waals surface area (Å²) in [6.07, 6.45) is 5.31. The summed E-state index contributed by atoms with van der Waals surface area (Å²) in [6.45, 7) is 6.61.